The van der Waals surface area contributed by atoms with Gasteiger partial charge in [-0.2, -0.15) is 5.26 Å². The number of nitrogens with zero attached hydrogens (tertiary/aromatic N) is 4. The molecule has 0 spiro atoms. The molecule has 8 nitrogen and oxygen atoms in total. The number of benzene rings is 2. The van der Waals surface area contributed by atoms with Crippen LogP contribution in [0.1, 0.15) is 17.5 Å². The molecule has 2 aromatic heterocycles. The third kappa shape index (κ3) is 5.64. The van der Waals surface area contributed by atoms with Crippen LogP contribution < -0.4 is 15.4 Å². The molecule has 0 saturated carbocycles. The molecule has 0 aliphatic rings. The van der Waals surface area contributed by atoms with Gasteiger partial charge < -0.3 is 15.4 Å². The maximum atomic E-state index is 11.3. The van der Waals surface area contributed by atoms with Crippen molar-refractivity contribution in [1.29, 1.82) is 5.26 Å². The van der Waals surface area contributed by atoms with Gasteiger partial charge in [-0.25, -0.2) is 9.97 Å². The predicted molar refractivity (Wildman–Crippen MR) is 128 cm³/mol. The number of rotatable bonds is 6. The van der Waals surface area contributed by atoms with Crippen molar-refractivity contribution in [3.05, 3.63) is 78.4 Å². The Hall–Kier alpha value is -4.95. The van der Waals surface area contributed by atoms with Crippen LogP contribution in [0.25, 0.3) is 10.9 Å². The number of carbonyl (C=O) groups excluding carboxylic acids is 1. The molecule has 4 aromatic rings. The van der Waals surface area contributed by atoms with E-state index < -0.39 is 0 Å². The van der Waals surface area contributed by atoms with Crippen molar-refractivity contribution >= 4 is 28.3 Å². The first-order valence-corrected chi connectivity index (χ1v) is 10.5. The molecular weight excluding hydrogens is 428 g/mol. The van der Waals surface area contributed by atoms with Crippen LogP contribution in [-0.2, 0) is 4.79 Å². The Morgan fingerprint density at radius 3 is 2.85 bits per heavy atom. The van der Waals surface area contributed by atoms with Crippen LogP contribution in [0.15, 0.2) is 67.3 Å². The van der Waals surface area contributed by atoms with Gasteiger partial charge >= 0.3 is 0 Å². The van der Waals surface area contributed by atoms with Gasteiger partial charge in [-0.05, 0) is 61.0 Å². The van der Waals surface area contributed by atoms with Crippen molar-refractivity contribution in [1.82, 2.24) is 20.3 Å². The molecule has 0 bridgehead atoms. The topological polar surface area (TPSA) is 113 Å². The summed E-state index contributed by atoms with van der Waals surface area (Å²) in [5.74, 6) is 7.62. The molecule has 1 amide bonds. The van der Waals surface area contributed by atoms with E-state index in [-0.39, 0.29) is 18.9 Å². The van der Waals surface area contributed by atoms with Crippen LogP contribution in [0.4, 0.5) is 11.5 Å². The molecule has 166 valence electrons. The normalized spacial score (nSPS) is 10.0. The lowest BCUT2D eigenvalue weighted by atomic mass is 10.1. The van der Waals surface area contributed by atoms with Gasteiger partial charge in [0.25, 0.3) is 0 Å². The first kappa shape index (κ1) is 22.3. The molecule has 34 heavy (non-hydrogen) atoms. The third-order valence-corrected chi connectivity index (χ3v) is 4.78. The summed E-state index contributed by atoms with van der Waals surface area (Å²) in [6.45, 7) is 2.14. The fraction of sp³-hybridized carbons (Fsp3) is 0.115. The van der Waals surface area contributed by atoms with Crippen LogP contribution in [0.3, 0.4) is 0 Å². The Kier molecular flexibility index (Phi) is 6.92. The Morgan fingerprint density at radius 2 is 2.06 bits per heavy atom. The predicted octanol–water partition coefficient (Wildman–Crippen LogP) is 4.25. The van der Waals surface area contributed by atoms with Gasteiger partial charge in [-0.3, -0.25) is 9.78 Å². The molecule has 0 aliphatic carbocycles. The van der Waals surface area contributed by atoms with Crippen molar-refractivity contribution in [2.75, 3.05) is 11.9 Å². The average Bonchev–Trinajstić information content (AvgIpc) is 2.85. The van der Waals surface area contributed by atoms with Crippen molar-refractivity contribution in [2.45, 2.75) is 13.3 Å². The highest BCUT2D eigenvalue weighted by Gasteiger charge is 2.08. The van der Waals surface area contributed by atoms with Crippen molar-refractivity contribution in [2.24, 2.45) is 0 Å². The molecule has 0 aliphatic heterocycles. The largest absolute Gasteiger partial charge is 0.455 e. The monoisotopic (exact) mass is 448 g/mol. The van der Waals surface area contributed by atoms with E-state index in [1.54, 1.807) is 18.5 Å². The van der Waals surface area contributed by atoms with Crippen molar-refractivity contribution < 1.29 is 9.53 Å². The Bertz CT molecular complexity index is 1430. The molecular formula is C26H20N6O2. The molecule has 0 unspecified atom stereocenters. The third-order valence-electron chi connectivity index (χ3n) is 4.78. The summed E-state index contributed by atoms with van der Waals surface area (Å²) in [5, 5.41) is 15.3. The Labute approximate surface area is 196 Å². The van der Waals surface area contributed by atoms with Gasteiger partial charge in [0, 0.05) is 22.8 Å². The summed E-state index contributed by atoms with van der Waals surface area (Å²) >= 11 is 0. The molecule has 0 radical (unpaired) electrons. The van der Waals surface area contributed by atoms with Crippen LogP contribution >= 0.6 is 0 Å². The number of carbonyl (C=O) groups is 1. The van der Waals surface area contributed by atoms with Crippen molar-refractivity contribution in [3.63, 3.8) is 0 Å². The fourth-order valence-electron chi connectivity index (χ4n) is 3.17. The number of aryl methyl sites for hydroxylation is 1. The van der Waals surface area contributed by atoms with Gasteiger partial charge in [0.2, 0.25) is 5.91 Å². The number of amides is 1. The molecule has 0 saturated heterocycles. The minimum Gasteiger partial charge on any atom is -0.455 e. The molecule has 0 fully saturated rings. The first-order chi connectivity index (χ1) is 16.6. The maximum absolute atomic E-state index is 11.3. The summed E-state index contributed by atoms with van der Waals surface area (Å²) in [5.41, 5.74) is 3.35. The second kappa shape index (κ2) is 10.6. The molecule has 4 rings (SSSR count). The zero-order chi connectivity index (χ0) is 23.8. The van der Waals surface area contributed by atoms with Gasteiger partial charge in [0.1, 0.15) is 30.1 Å². The number of anilines is 2. The van der Waals surface area contributed by atoms with E-state index in [4.69, 9.17) is 10.00 Å². The number of nitrogens with one attached hydrogen (secondary N) is 2. The average molecular weight is 448 g/mol. The van der Waals surface area contributed by atoms with Gasteiger partial charge in [-0.15, -0.1) is 0 Å². The number of nitriles is 1. The second-order valence-electron chi connectivity index (χ2n) is 7.26. The van der Waals surface area contributed by atoms with Crippen LogP contribution in [-0.4, -0.2) is 27.4 Å². The van der Waals surface area contributed by atoms with Gasteiger partial charge in [-0.1, -0.05) is 11.8 Å². The molecule has 0 atom stereocenters. The number of ether oxygens (including phenoxy) is 1. The highest BCUT2D eigenvalue weighted by Crippen LogP contribution is 2.29. The summed E-state index contributed by atoms with van der Waals surface area (Å²) in [4.78, 5) is 24.2. The lowest BCUT2D eigenvalue weighted by Gasteiger charge is -2.12. The second-order valence-corrected chi connectivity index (χ2v) is 7.26. The highest BCUT2D eigenvalue weighted by molar-refractivity contribution is 5.91. The lowest BCUT2D eigenvalue weighted by Crippen LogP contribution is -2.22. The summed E-state index contributed by atoms with van der Waals surface area (Å²) < 4.78 is 5.90. The number of fused-ring (bicyclic) bond motifs is 1. The summed E-state index contributed by atoms with van der Waals surface area (Å²) in [6, 6.07) is 16.9. The van der Waals surface area contributed by atoms with E-state index in [0.717, 1.165) is 33.5 Å². The van der Waals surface area contributed by atoms with E-state index >= 15 is 0 Å². The van der Waals surface area contributed by atoms with Crippen molar-refractivity contribution in [3.8, 4) is 29.4 Å². The van der Waals surface area contributed by atoms with E-state index in [1.807, 2.05) is 55.5 Å². The van der Waals surface area contributed by atoms with E-state index in [0.29, 0.717) is 11.6 Å². The van der Waals surface area contributed by atoms with E-state index in [1.165, 1.54) is 6.33 Å². The lowest BCUT2D eigenvalue weighted by molar-refractivity contribution is -0.119. The number of hydrogen-bond donors (Lipinski definition) is 2. The molecule has 8 heteroatoms. The number of pyridine rings is 1. The Morgan fingerprint density at radius 1 is 1.15 bits per heavy atom. The maximum Gasteiger partial charge on any atom is 0.234 e. The zero-order valence-electron chi connectivity index (χ0n) is 18.4. The smallest absolute Gasteiger partial charge is 0.234 e. The first-order valence-electron chi connectivity index (χ1n) is 10.5. The standard InChI is InChI=1S/C26H20N6O2/c1-18-14-20(7-9-24(18)34-21-5-3-12-28-16-21)32-26-22-15-19(6-8-23(22)30-17-31-26)4-2-13-29-25(33)10-11-27/h3,5-9,12,14-17H,10,13H2,1H3,(H,29,33)(H,30,31,32). The van der Waals surface area contributed by atoms with E-state index in [9.17, 15) is 4.79 Å². The fourth-order valence-corrected chi connectivity index (χ4v) is 3.17. The minimum absolute atomic E-state index is 0.168. The molecule has 2 heterocycles. The van der Waals surface area contributed by atoms with Crippen LogP contribution in [0, 0.1) is 30.1 Å². The molecule has 2 aromatic carbocycles. The van der Waals surface area contributed by atoms with Crippen LogP contribution in [0.5, 0.6) is 11.5 Å². The SMILES string of the molecule is Cc1cc(Nc2ncnc3ccc(C#CCNC(=O)CC#N)cc23)ccc1Oc1cccnc1. The molecule has 2 N–H and O–H groups in total. The number of aromatic nitrogens is 3. The summed E-state index contributed by atoms with van der Waals surface area (Å²) in [7, 11) is 0. The number of hydrogen-bond acceptors (Lipinski definition) is 7. The quantitative estimate of drug-likeness (QED) is 0.424. The van der Waals surface area contributed by atoms with E-state index in [2.05, 4.69) is 37.4 Å². The van der Waals surface area contributed by atoms with Gasteiger partial charge in [0.15, 0.2) is 0 Å². The summed E-state index contributed by atoms with van der Waals surface area (Å²) in [6.07, 6.45) is 4.69. The van der Waals surface area contributed by atoms with Gasteiger partial charge in [0.05, 0.1) is 24.3 Å². The van der Waals surface area contributed by atoms with Crippen LogP contribution in [0.2, 0.25) is 0 Å². The highest BCUT2D eigenvalue weighted by atomic mass is 16.5. The Balaban J connectivity index is 1.52. The minimum atomic E-state index is -0.345. The zero-order valence-corrected chi connectivity index (χ0v) is 18.4.